The lowest BCUT2D eigenvalue weighted by atomic mass is 10.1. The van der Waals surface area contributed by atoms with Gasteiger partial charge < -0.3 is 14.6 Å². The zero-order valence-corrected chi connectivity index (χ0v) is 12.7. The highest BCUT2D eigenvalue weighted by Crippen LogP contribution is 2.35. The Morgan fingerprint density at radius 3 is 2.32 bits per heavy atom. The lowest BCUT2D eigenvalue weighted by Gasteiger charge is -2.12. The second-order valence-electron chi connectivity index (χ2n) is 4.48. The first kappa shape index (κ1) is 18.3. The number of aromatic carboxylic acids is 1. The molecule has 0 heterocycles. The van der Waals surface area contributed by atoms with Gasteiger partial charge in [-0.05, 0) is 18.2 Å². The number of nitro benzene ring substituents is 1. The Hall–Kier alpha value is -3.01. The summed E-state index contributed by atoms with van der Waals surface area (Å²) in [4.78, 5) is 21.0. The monoisotopic (exact) mass is 377 g/mol. The van der Waals surface area contributed by atoms with Crippen LogP contribution in [0.2, 0.25) is 5.02 Å². The van der Waals surface area contributed by atoms with Crippen molar-refractivity contribution >= 4 is 23.3 Å². The van der Waals surface area contributed by atoms with Gasteiger partial charge in [0.1, 0.15) is 22.8 Å². The van der Waals surface area contributed by atoms with E-state index in [-0.39, 0.29) is 16.5 Å². The SMILES string of the molecule is O=C(O)c1cc(Oc2ccc(OC(F)(F)F)cc2Cl)ccc1[N+](=O)[O-]. The largest absolute Gasteiger partial charge is 0.573 e. The maximum atomic E-state index is 12.1. The number of halogens is 4. The van der Waals surface area contributed by atoms with E-state index in [0.29, 0.717) is 0 Å². The van der Waals surface area contributed by atoms with Crippen LogP contribution in [0.1, 0.15) is 10.4 Å². The van der Waals surface area contributed by atoms with E-state index in [4.69, 9.17) is 21.4 Å². The molecule has 7 nitrogen and oxygen atoms in total. The summed E-state index contributed by atoms with van der Waals surface area (Å²) in [5.74, 6) is -2.31. The third-order valence-electron chi connectivity index (χ3n) is 2.76. The lowest BCUT2D eigenvalue weighted by Crippen LogP contribution is -2.17. The first-order valence-corrected chi connectivity index (χ1v) is 6.69. The number of benzene rings is 2. The van der Waals surface area contributed by atoms with Gasteiger partial charge in [0.2, 0.25) is 0 Å². The van der Waals surface area contributed by atoms with Crippen LogP contribution in [0.5, 0.6) is 17.2 Å². The average Bonchev–Trinajstić information content (AvgIpc) is 2.48. The van der Waals surface area contributed by atoms with Crippen LogP contribution in [0.4, 0.5) is 18.9 Å². The summed E-state index contributed by atoms with van der Waals surface area (Å²) < 4.78 is 45.4. The van der Waals surface area contributed by atoms with Crippen LogP contribution < -0.4 is 9.47 Å². The van der Waals surface area contributed by atoms with E-state index in [1.54, 1.807) is 0 Å². The second kappa shape index (κ2) is 6.85. The number of nitro groups is 1. The van der Waals surface area contributed by atoms with E-state index < -0.39 is 34.3 Å². The van der Waals surface area contributed by atoms with Crippen molar-refractivity contribution < 1.29 is 37.5 Å². The molecule has 0 spiro atoms. The molecule has 25 heavy (non-hydrogen) atoms. The molecule has 0 aliphatic rings. The Morgan fingerprint density at radius 2 is 1.80 bits per heavy atom. The highest BCUT2D eigenvalue weighted by Gasteiger charge is 2.31. The number of alkyl halides is 3. The number of nitrogens with zero attached hydrogens (tertiary/aromatic N) is 1. The molecule has 2 aromatic rings. The minimum Gasteiger partial charge on any atom is -0.477 e. The summed E-state index contributed by atoms with van der Waals surface area (Å²) in [7, 11) is 0. The van der Waals surface area contributed by atoms with Crippen molar-refractivity contribution in [3.63, 3.8) is 0 Å². The van der Waals surface area contributed by atoms with E-state index >= 15 is 0 Å². The molecule has 0 radical (unpaired) electrons. The molecule has 0 saturated carbocycles. The highest BCUT2D eigenvalue weighted by atomic mass is 35.5. The standard InChI is InChI=1S/C14H7ClF3NO6/c15-10-6-8(25-14(16,17)18)2-4-12(10)24-7-1-3-11(19(22)23)9(5-7)13(20)21/h1-6H,(H,20,21). The predicted octanol–water partition coefficient (Wildman–Crippen LogP) is 4.64. The Labute approximate surface area is 142 Å². The summed E-state index contributed by atoms with van der Waals surface area (Å²) >= 11 is 5.80. The van der Waals surface area contributed by atoms with Gasteiger partial charge in [-0.25, -0.2) is 4.79 Å². The van der Waals surface area contributed by atoms with E-state index in [1.807, 2.05) is 0 Å². The molecule has 2 rings (SSSR count). The van der Waals surface area contributed by atoms with Gasteiger partial charge in [-0.15, -0.1) is 13.2 Å². The average molecular weight is 378 g/mol. The molecule has 0 aliphatic carbocycles. The molecular weight excluding hydrogens is 371 g/mol. The normalized spacial score (nSPS) is 11.0. The van der Waals surface area contributed by atoms with Gasteiger partial charge in [0, 0.05) is 18.2 Å². The Balaban J connectivity index is 2.29. The molecule has 1 N–H and O–H groups in total. The summed E-state index contributed by atoms with van der Waals surface area (Å²) in [6.07, 6.45) is -4.89. The quantitative estimate of drug-likeness (QED) is 0.602. The summed E-state index contributed by atoms with van der Waals surface area (Å²) in [5, 5.41) is 19.5. The maximum Gasteiger partial charge on any atom is 0.573 e. The molecule has 0 atom stereocenters. The molecule has 0 fully saturated rings. The number of hydrogen-bond donors (Lipinski definition) is 1. The number of carboxylic acids is 1. The van der Waals surface area contributed by atoms with Crippen LogP contribution in [0.25, 0.3) is 0 Å². The molecule has 0 unspecified atom stereocenters. The van der Waals surface area contributed by atoms with Crippen LogP contribution in [-0.2, 0) is 0 Å². The van der Waals surface area contributed by atoms with Gasteiger partial charge in [0.15, 0.2) is 0 Å². The molecule has 0 aliphatic heterocycles. The molecule has 0 amide bonds. The molecule has 2 aromatic carbocycles. The fourth-order valence-electron chi connectivity index (χ4n) is 1.80. The second-order valence-corrected chi connectivity index (χ2v) is 4.89. The minimum absolute atomic E-state index is 0.0959. The fraction of sp³-hybridized carbons (Fsp3) is 0.0714. The summed E-state index contributed by atoms with van der Waals surface area (Å²) in [6.45, 7) is 0. The van der Waals surface area contributed by atoms with Gasteiger partial charge in [0.05, 0.1) is 9.95 Å². The topological polar surface area (TPSA) is 98.9 Å². The molecule has 0 saturated heterocycles. The predicted molar refractivity (Wildman–Crippen MR) is 78.3 cm³/mol. The molecule has 0 bridgehead atoms. The molecule has 132 valence electrons. The van der Waals surface area contributed by atoms with Gasteiger partial charge >= 0.3 is 12.3 Å². The van der Waals surface area contributed by atoms with Crippen molar-refractivity contribution in [3.05, 3.63) is 57.1 Å². The van der Waals surface area contributed by atoms with Gasteiger partial charge in [-0.3, -0.25) is 10.1 Å². The molecule has 0 aromatic heterocycles. The van der Waals surface area contributed by atoms with Gasteiger partial charge in [0.25, 0.3) is 5.69 Å². The first-order valence-electron chi connectivity index (χ1n) is 6.31. The smallest absolute Gasteiger partial charge is 0.477 e. The Morgan fingerprint density at radius 1 is 1.16 bits per heavy atom. The van der Waals surface area contributed by atoms with Gasteiger partial charge in [-0.2, -0.15) is 0 Å². The maximum absolute atomic E-state index is 12.1. The lowest BCUT2D eigenvalue weighted by molar-refractivity contribution is -0.385. The van der Waals surface area contributed by atoms with Crippen LogP contribution in [0, 0.1) is 10.1 Å². The highest BCUT2D eigenvalue weighted by molar-refractivity contribution is 6.32. The zero-order chi connectivity index (χ0) is 18.8. The van der Waals surface area contributed by atoms with Crippen molar-refractivity contribution in [1.82, 2.24) is 0 Å². The molecular formula is C14H7ClF3NO6. The number of carbonyl (C=O) groups is 1. The first-order chi connectivity index (χ1) is 11.6. The Kier molecular flexibility index (Phi) is 5.02. The minimum atomic E-state index is -4.89. The summed E-state index contributed by atoms with van der Waals surface area (Å²) in [5.41, 5.74) is -1.25. The van der Waals surface area contributed by atoms with Crippen molar-refractivity contribution in [1.29, 1.82) is 0 Å². The number of rotatable bonds is 5. The van der Waals surface area contributed by atoms with Crippen LogP contribution >= 0.6 is 11.6 Å². The third kappa shape index (κ3) is 4.73. The van der Waals surface area contributed by atoms with E-state index in [9.17, 15) is 28.1 Å². The Bertz CT molecular complexity index is 840. The summed E-state index contributed by atoms with van der Waals surface area (Å²) in [6, 6.07) is 5.82. The van der Waals surface area contributed by atoms with Crippen LogP contribution in [0.3, 0.4) is 0 Å². The van der Waals surface area contributed by atoms with Crippen molar-refractivity contribution in [2.24, 2.45) is 0 Å². The van der Waals surface area contributed by atoms with Crippen LogP contribution in [-0.4, -0.2) is 22.4 Å². The van der Waals surface area contributed by atoms with Gasteiger partial charge in [-0.1, -0.05) is 11.6 Å². The van der Waals surface area contributed by atoms with Crippen LogP contribution in [0.15, 0.2) is 36.4 Å². The zero-order valence-electron chi connectivity index (χ0n) is 11.9. The van der Waals surface area contributed by atoms with E-state index in [1.165, 1.54) is 0 Å². The van der Waals surface area contributed by atoms with Crippen molar-refractivity contribution in [3.8, 4) is 17.2 Å². The van der Waals surface area contributed by atoms with Crippen molar-refractivity contribution in [2.75, 3.05) is 0 Å². The number of ether oxygens (including phenoxy) is 2. The van der Waals surface area contributed by atoms with E-state index in [0.717, 1.165) is 36.4 Å². The molecule has 11 heteroatoms. The van der Waals surface area contributed by atoms with E-state index in [2.05, 4.69) is 4.74 Å². The third-order valence-corrected chi connectivity index (χ3v) is 3.06. The van der Waals surface area contributed by atoms with Crippen molar-refractivity contribution in [2.45, 2.75) is 6.36 Å². The number of hydrogen-bond acceptors (Lipinski definition) is 5. The number of carboxylic acid groups (broad SMARTS) is 1. The fourth-order valence-corrected chi connectivity index (χ4v) is 2.01.